The Morgan fingerprint density at radius 1 is 1.10 bits per heavy atom. The predicted octanol–water partition coefficient (Wildman–Crippen LogP) is 2.65. The van der Waals surface area contributed by atoms with Gasteiger partial charge in [0.15, 0.2) is 5.96 Å². The van der Waals surface area contributed by atoms with Crippen molar-refractivity contribution in [2.24, 2.45) is 10.9 Å². The first kappa shape index (κ1) is 23.9. The molecule has 0 spiro atoms. The highest BCUT2D eigenvalue weighted by Crippen LogP contribution is 2.16. The fourth-order valence-corrected chi connectivity index (χ4v) is 4.15. The molecule has 0 aromatic heterocycles. The molecule has 2 heterocycles. The molecule has 162 valence electrons. The Kier molecular flexibility index (Phi) is 10.2. The average Bonchev–Trinajstić information content (AvgIpc) is 2.73. The first-order valence-corrected chi connectivity index (χ1v) is 10.7. The summed E-state index contributed by atoms with van der Waals surface area (Å²) >= 11 is 0. The van der Waals surface area contributed by atoms with E-state index in [1.165, 1.54) is 12.0 Å². The summed E-state index contributed by atoms with van der Waals surface area (Å²) < 4.78 is 0. The van der Waals surface area contributed by atoms with E-state index in [1.54, 1.807) is 0 Å². The molecule has 1 unspecified atom stereocenters. The highest BCUT2D eigenvalue weighted by atomic mass is 127. The van der Waals surface area contributed by atoms with Crippen molar-refractivity contribution in [2.75, 3.05) is 52.9 Å². The quantitative estimate of drug-likeness (QED) is 0.374. The number of likely N-dealkylation sites (tertiary alicyclic amines) is 1. The normalized spacial score (nSPS) is 20.9. The maximum absolute atomic E-state index is 12.4. The van der Waals surface area contributed by atoms with Crippen molar-refractivity contribution in [3.63, 3.8) is 0 Å². The Labute approximate surface area is 192 Å². The van der Waals surface area contributed by atoms with Gasteiger partial charge in [-0.3, -0.25) is 14.7 Å². The van der Waals surface area contributed by atoms with Gasteiger partial charge in [-0.05, 0) is 24.3 Å². The number of benzene rings is 1. The van der Waals surface area contributed by atoms with Crippen LogP contribution < -0.4 is 5.32 Å². The van der Waals surface area contributed by atoms with Crippen LogP contribution in [0.4, 0.5) is 0 Å². The van der Waals surface area contributed by atoms with Gasteiger partial charge in [0.2, 0.25) is 5.91 Å². The minimum atomic E-state index is 0. The number of rotatable bonds is 5. The van der Waals surface area contributed by atoms with Crippen LogP contribution in [0.15, 0.2) is 35.3 Å². The topological polar surface area (TPSA) is 51.2 Å². The van der Waals surface area contributed by atoms with E-state index in [9.17, 15) is 4.79 Å². The number of carbonyl (C=O) groups is 1. The maximum Gasteiger partial charge on any atom is 0.224 e. The van der Waals surface area contributed by atoms with Crippen LogP contribution in [0.25, 0.3) is 0 Å². The molecule has 1 atom stereocenters. The van der Waals surface area contributed by atoms with E-state index in [0.29, 0.717) is 18.9 Å². The van der Waals surface area contributed by atoms with Crippen LogP contribution in [-0.2, 0) is 11.3 Å². The van der Waals surface area contributed by atoms with Gasteiger partial charge in [0.1, 0.15) is 0 Å². The number of guanidine groups is 1. The van der Waals surface area contributed by atoms with Crippen molar-refractivity contribution in [1.82, 2.24) is 20.0 Å². The zero-order chi connectivity index (χ0) is 19.8. The fraction of sp³-hybridized carbons (Fsp3) is 0.636. The monoisotopic (exact) mass is 513 g/mol. The molecule has 0 radical (unpaired) electrons. The number of halogens is 1. The molecular weight excluding hydrogens is 477 g/mol. The maximum atomic E-state index is 12.4. The molecule has 1 amide bonds. The molecule has 7 heteroatoms. The number of piperidine rings is 1. The highest BCUT2D eigenvalue weighted by molar-refractivity contribution is 14.0. The second-order valence-electron chi connectivity index (χ2n) is 8.06. The van der Waals surface area contributed by atoms with Gasteiger partial charge >= 0.3 is 0 Å². The van der Waals surface area contributed by atoms with Gasteiger partial charge in [-0.1, -0.05) is 37.3 Å². The van der Waals surface area contributed by atoms with Crippen LogP contribution in [0.2, 0.25) is 0 Å². The van der Waals surface area contributed by atoms with Gasteiger partial charge in [0.05, 0.1) is 0 Å². The third kappa shape index (κ3) is 7.44. The SMILES string of the molecule is CN=C(NCCC(=O)N1CCCC(C)C1)N1CCN(Cc2ccccc2)CC1.I. The third-order valence-corrected chi connectivity index (χ3v) is 5.76. The second kappa shape index (κ2) is 12.4. The molecule has 29 heavy (non-hydrogen) atoms. The van der Waals surface area contributed by atoms with Crippen LogP contribution in [-0.4, -0.2) is 79.4 Å². The minimum Gasteiger partial charge on any atom is -0.356 e. The Hall–Kier alpha value is -1.35. The third-order valence-electron chi connectivity index (χ3n) is 5.76. The van der Waals surface area contributed by atoms with E-state index < -0.39 is 0 Å². The number of hydrogen-bond acceptors (Lipinski definition) is 3. The van der Waals surface area contributed by atoms with Gasteiger partial charge in [0.25, 0.3) is 0 Å². The summed E-state index contributed by atoms with van der Waals surface area (Å²) in [6.07, 6.45) is 2.92. The van der Waals surface area contributed by atoms with E-state index in [1.807, 2.05) is 11.9 Å². The van der Waals surface area contributed by atoms with Crippen LogP contribution in [0.1, 0.15) is 31.7 Å². The van der Waals surface area contributed by atoms with E-state index in [-0.39, 0.29) is 29.9 Å². The molecule has 2 aliphatic rings. The zero-order valence-corrected chi connectivity index (χ0v) is 20.2. The van der Waals surface area contributed by atoms with Crippen molar-refractivity contribution in [2.45, 2.75) is 32.7 Å². The van der Waals surface area contributed by atoms with Crippen molar-refractivity contribution in [3.8, 4) is 0 Å². The van der Waals surface area contributed by atoms with Gasteiger partial charge in [-0.25, -0.2) is 0 Å². The number of carbonyl (C=O) groups excluding carboxylic acids is 1. The number of piperazine rings is 1. The van der Waals surface area contributed by atoms with Crippen molar-refractivity contribution >= 4 is 35.8 Å². The lowest BCUT2D eigenvalue weighted by Crippen LogP contribution is -2.52. The van der Waals surface area contributed by atoms with Crippen molar-refractivity contribution < 1.29 is 4.79 Å². The number of nitrogens with zero attached hydrogens (tertiary/aromatic N) is 4. The molecule has 2 fully saturated rings. The van der Waals surface area contributed by atoms with Crippen LogP contribution >= 0.6 is 24.0 Å². The molecule has 0 saturated carbocycles. The Morgan fingerprint density at radius 3 is 2.48 bits per heavy atom. The molecular formula is C22H36IN5O. The summed E-state index contributed by atoms with van der Waals surface area (Å²) in [5, 5.41) is 3.39. The highest BCUT2D eigenvalue weighted by Gasteiger charge is 2.22. The summed E-state index contributed by atoms with van der Waals surface area (Å²) in [5.74, 6) is 1.81. The molecule has 3 rings (SSSR count). The number of hydrogen-bond donors (Lipinski definition) is 1. The zero-order valence-electron chi connectivity index (χ0n) is 17.8. The van der Waals surface area contributed by atoms with E-state index in [2.05, 4.69) is 57.4 Å². The molecule has 1 aromatic rings. The summed E-state index contributed by atoms with van der Waals surface area (Å²) in [6, 6.07) is 10.6. The molecule has 0 aliphatic carbocycles. The van der Waals surface area contributed by atoms with Gasteiger partial charge in [-0.2, -0.15) is 0 Å². The molecule has 6 nitrogen and oxygen atoms in total. The molecule has 1 aromatic carbocycles. The molecule has 2 aliphatic heterocycles. The number of nitrogens with one attached hydrogen (secondary N) is 1. The predicted molar refractivity (Wildman–Crippen MR) is 130 cm³/mol. The first-order valence-electron chi connectivity index (χ1n) is 10.7. The number of aliphatic imine (C=N–C) groups is 1. The summed E-state index contributed by atoms with van der Waals surface area (Å²) in [5.41, 5.74) is 1.36. The van der Waals surface area contributed by atoms with Crippen LogP contribution in [0.3, 0.4) is 0 Å². The largest absolute Gasteiger partial charge is 0.356 e. The molecule has 0 bridgehead atoms. The smallest absolute Gasteiger partial charge is 0.224 e. The van der Waals surface area contributed by atoms with Gasteiger partial charge in [0, 0.05) is 65.8 Å². The Morgan fingerprint density at radius 2 is 1.83 bits per heavy atom. The summed E-state index contributed by atoms with van der Waals surface area (Å²) in [4.78, 5) is 23.7. The molecule has 2 saturated heterocycles. The lowest BCUT2D eigenvalue weighted by molar-refractivity contribution is -0.132. The fourth-order valence-electron chi connectivity index (χ4n) is 4.15. The van der Waals surface area contributed by atoms with Crippen LogP contribution in [0.5, 0.6) is 0 Å². The first-order chi connectivity index (χ1) is 13.7. The Bertz CT molecular complexity index is 646. The standard InChI is InChI=1S/C22H35N5O.HI/c1-19-7-6-12-27(17-19)21(28)10-11-24-22(23-2)26-15-13-25(14-16-26)18-20-8-4-3-5-9-20;/h3-5,8-9,19H,6-7,10-18H2,1-2H3,(H,23,24);1H. The van der Waals surface area contributed by atoms with Crippen LogP contribution in [0, 0.1) is 5.92 Å². The van der Waals surface area contributed by atoms with Crippen molar-refractivity contribution in [1.29, 1.82) is 0 Å². The average molecular weight is 513 g/mol. The number of amides is 1. The van der Waals surface area contributed by atoms with E-state index in [4.69, 9.17) is 0 Å². The lowest BCUT2D eigenvalue weighted by Gasteiger charge is -2.36. The van der Waals surface area contributed by atoms with E-state index >= 15 is 0 Å². The molecule has 1 N–H and O–H groups in total. The van der Waals surface area contributed by atoms with E-state index in [0.717, 1.165) is 58.2 Å². The lowest BCUT2D eigenvalue weighted by atomic mass is 10.00. The van der Waals surface area contributed by atoms with Crippen molar-refractivity contribution in [3.05, 3.63) is 35.9 Å². The minimum absolute atomic E-state index is 0. The summed E-state index contributed by atoms with van der Waals surface area (Å²) in [7, 11) is 1.83. The summed E-state index contributed by atoms with van der Waals surface area (Å²) in [6.45, 7) is 9.70. The Balaban J connectivity index is 0.00000300. The second-order valence-corrected chi connectivity index (χ2v) is 8.06. The van der Waals surface area contributed by atoms with Gasteiger partial charge < -0.3 is 15.1 Å². The van der Waals surface area contributed by atoms with Gasteiger partial charge in [-0.15, -0.1) is 24.0 Å².